The predicted octanol–water partition coefficient (Wildman–Crippen LogP) is 6.59. The first kappa shape index (κ1) is 26.5. The zero-order valence-corrected chi connectivity index (χ0v) is 21.4. The number of carbonyl (C=O) groups is 2. The van der Waals surface area contributed by atoms with Gasteiger partial charge < -0.3 is 10.2 Å². The smallest absolute Gasteiger partial charge is 0.242 e. The average molecular weight is 491 g/mol. The molecule has 0 aliphatic rings. The van der Waals surface area contributed by atoms with Crippen LogP contribution in [0.15, 0.2) is 84.9 Å². The summed E-state index contributed by atoms with van der Waals surface area (Å²) in [6.45, 7) is 4.93. The molecular weight excluding hydrogens is 456 g/mol. The first-order chi connectivity index (χ1) is 17.0. The molecule has 5 heteroatoms. The molecule has 0 aromatic heterocycles. The van der Waals surface area contributed by atoms with Crippen molar-refractivity contribution in [2.75, 3.05) is 6.54 Å². The van der Waals surface area contributed by atoms with Crippen LogP contribution in [0.1, 0.15) is 62.1 Å². The highest BCUT2D eigenvalue weighted by atomic mass is 35.5. The maximum Gasteiger partial charge on any atom is 0.242 e. The Morgan fingerprint density at radius 2 is 1.43 bits per heavy atom. The van der Waals surface area contributed by atoms with E-state index in [0.717, 1.165) is 29.5 Å². The standard InChI is InChI=1S/C30H35ClN2O2/c1-3-5-20-32-30(35)28(4-2)33(22-25-18-12-13-19-27(25)31)29(34)21-26(23-14-8-6-9-15-23)24-16-10-7-11-17-24/h6-19,26,28H,3-5,20-22H2,1-2H3,(H,32,35)/t28-/m0/s1. The Bertz CT molecular complexity index is 1030. The SMILES string of the molecule is CCCCNC(=O)[C@H](CC)N(Cc1ccccc1Cl)C(=O)CC(c1ccccc1)c1ccccc1. The summed E-state index contributed by atoms with van der Waals surface area (Å²) in [5, 5.41) is 3.61. The summed E-state index contributed by atoms with van der Waals surface area (Å²) in [5.41, 5.74) is 2.98. The number of rotatable bonds is 12. The molecule has 0 saturated carbocycles. The summed E-state index contributed by atoms with van der Waals surface area (Å²) >= 11 is 6.46. The lowest BCUT2D eigenvalue weighted by molar-refractivity contribution is -0.141. The molecule has 0 aliphatic carbocycles. The number of nitrogens with one attached hydrogen (secondary N) is 1. The lowest BCUT2D eigenvalue weighted by atomic mass is 9.88. The third kappa shape index (κ3) is 7.43. The van der Waals surface area contributed by atoms with Gasteiger partial charge in [-0.1, -0.05) is 111 Å². The van der Waals surface area contributed by atoms with E-state index in [1.54, 1.807) is 4.90 Å². The van der Waals surface area contributed by atoms with Gasteiger partial charge in [-0.05, 0) is 35.6 Å². The van der Waals surface area contributed by atoms with Crippen LogP contribution in [-0.4, -0.2) is 29.3 Å². The molecule has 1 atom stereocenters. The van der Waals surface area contributed by atoms with Gasteiger partial charge >= 0.3 is 0 Å². The van der Waals surface area contributed by atoms with Crippen LogP contribution >= 0.6 is 11.6 Å². The molecular formula is C30H35ClN2O2. The number of halogens is 1. The van der Waals surface area contributed by atoms with Gasteiger partial charge in [-0.2, -0.15) is 0 Å². The van der Waals surface area contributed by atoms with Crippen molar-refractivity contribution >= 4 is 23.4 Å². The van der Waals surface area contributed by atoms with Crippen LogP contribution in [0, 0.1) is 0 Å². The van der Waals surface area contributed by atoms with E-state index in [2.05, 4.69) is 36.5 Å². The summed E-state index contributed by atoms with van der Waals surface area (Å²) in [5.74, 6) is -0.295. The van der Waals surface area contributed by atoms with Crippen LogP contribution in [0.3, 0.4) is 0 Å². The van der Waals surface area contributed by atoms with Crippen LogP contribution in [0.2, 0.25) is 5.02 Å². The maximum atomic E-state index is 14.0. The van der Waals surface area contributed by atoms with Crippen molar-refractivity contribution in [3.05, 3.63) is 107 Å². The molecule has 184 valence electrons. The zero-order valence-electron chi connectivity index (χ0n) is 20.6. The van der Waals surface area contributed by atoms with Crippen molar-refractivity contribution in [1.82, 2.24) is 10.2 Å². The van der Waals surface area contributed by atoms with Crippen molar-refractivity contribution < 1.29 is 9.59 Å². The minimum atomic E-state index is -0.567. The van der Waals surface area contributed by atoms with Gasteiger partial charge in [0.25, 0.3) is 0 Å². The fourth-order valence-electron chi connectivity index (χ4n) is 4.33. The van der Waals surface area contributed by atoms with Crippen molar-refractivity contribution in [1.29, 1.82) is 0 Å². The van der Waals surface area contributed by atoms with E-state index in [0.29, 0.717) is 18.0 Å². The Kier molecular flexibility index (Phi) is 10.4. The predicted molar refractivity (Wildman–Crippen MR) is 143 cm³/mol. The van der Waals surface area contributed by atoms with Crippen LogP contribution < -0.4 is 5.32 Å². The molecule has 0 heterocycles. The summed E-state index contributed by atoms with van der Waals surface area (Å²) in [6, 6.07) is 27.1. The molecule has 0 unspecified atom stereocenters. The van der Waals surface area contributed by atoms with Crippen LogP contribution in [0.4, 0.5) is 0 Å². The first-order valence-electron chi connectivity index (χ1n) is 12.5. The number of nitrogens with zero attached hydrogens (tertiary/aromatic N) is 1. The summed E-state index contributed by atoms with van der Waals surface area (Å²) < 4.78 is 0. The van der Waals surface area contributed by atoms with Crippen molar-refractivity contribution in [3.8, 4) is 0 Å². The fraction of sp³-hybridized carbons (Fsp3) is 0.333. The molecule has 0 spiro atoms. The molecule has 0 radical (unpaired) electrons. The zero-order chi connectivity index (χ0) is 25.0. The van der Waals surface area contributed by atoms with Gasteiger partial charge in [0, 0.05) is 30.5 Å². The molecule has 0 saturated heterocycles. The molecule has 0 bridgehead atoms. The Balaban J connectivity index is 1.93. The number of carbonyl (C=O) groups excluding carboxylic acids is 2. The molecule has 4 nitrogen and oxygen atoms in total. The number of hydrogen-bond acceptors (Lipinski definition) is 2. The second-order valence-electron chi connectivity index (χ2n) is 8.76. The van der Waals surface area contributed by atoms with E-state index in [4.69, 9.17) is 11.6 Å². The van der Waals surface area contributed by atoms with Gasteiger partial charge in [0.2, 0.25) is 11.8 Å². The third-order valence-corrected chi connectivity index (χ3v) is 6.67. The van der Waals surface area contributed by atoms with Gasteiger partial charge in [0.1, 0.15) is 6.04 Å². The number of unbranched alkanes of at least 4 members (excludes halogenated alkanes) is 1. The van der Waals surface area contributed by atoms with Gasteiger partial charge in [-0.15, -0.1) is 0 Å². The maximum absolute atomic E-state index is 14.0. The molecule has 1 N–H and O–H groups in total. The lowest BCUT2D eigenvalue weighted by Gasteiger charge is -2.32. The minimum Gasteiger partial charge on any atom is -0.354 e. The largest absolute Gasteiger partial charge is 0.354 e. The van der Waals surface area contributed by atoms with E-state index in [1.807, 2.05) is 67.6 Å². The summed E-state index contributed by atoms with van der Waals surface area (Å²) in [6.07, 6.45) is 2.69. The highest BCUT2D eigenvalue weighted by Crippen LogP contribution is 2.30. The van der Waals surface area contributed by atoms with E-state index in [9.17, 15) is 9.59 Å². The van der Waals surface area contributed by atoms with Gasteiger partial charge in [0.15, 0.2) is 0 Å². The number of benzene rings is 3. The van der Waals surface area contributed by atoms with Gasteiger partial charge in [-0.25, -0.2) is 0 Å². The molecule has 0 fully saturated rings. The van der Waals surface area contributed by atoms with Crippen LogP contribution in [0.5, 0.6) is 0 Å². The Labute approximate surface area is 214 Å². The highest BCUT2D eigenvalue weighted by Gasteiger charge is 2.31. The van der Waals surface area contributed by atoms with E-state index in [-0.39, 0.29) is 30.7 Å². The Morgan fingerprint density at radius 1 is 0.857 bits per heavy atom. The molecule has 2 amide bonds. The van der Waals surface area contributed by atoms with Crippen LogP contribution in [0.25, 0.3) is 0 Å². The van der Waals surface area contributed by atoms with Gasteiger partial charge in [0.05, 0.1) is 0 Å². The average Bonchev–Trinajstić information content (AvgIpc) is 2.89. The molecule has 3 rings (SSSR count). The summed E-state index contributed by atoms with van der Waals surface area (Å²) in [4.78, 5) is 28.8. The second-order valence-corrected chi connectivity index (χ2v) is 9.17. The summed E-state index contributed by atoms with van der Waals surface area (Å²) in [7, 11) is 0. The Morgan fingerprint density at radius 3 is 1.97 bits per heavy atom. The number of hydrogen-bond donors (Lipinski definition) is 1. The fourth-order valence-corrected chi connectivity index (χ4v) is 4.52. The monoisotopic (exact) mass is 490 g/mol. The highest BCUT2D eigenvalue weighted by molar-refractivity contribution is 6.31. The molecule has 3 aromatic carbocycles. The van der Waals surface area contributed by atoms with E-state index < -0.39 is 6.04 Å². The lowest BCUT2D eigenvalue weighted by Crippen LogP contribution is -2.49. The van der Waals surface area contributed by atoms with Crippen molar-refractivity contribution in [3.63, 3.8) is 0 Å². The quantitative estimate of drug-likeness (QED) is 0.291. The topological polar surface area (TPSA) is 49.4 Å². The molecule has 35 heavy (non-hydrogen) atoms. The third-order valence-electron chi connectivity index (χ3n) is 6.30. The minimum absolute atomic E-state index is 0.0693. The Hall–Kier alpha value is -3.11. The first-order valence-corrected chi connectivity index (χ1v) is 12.8. The molecule has 0 aliphatic heterocycles. The van der Waals surface area contributed by atoms with Crippen molar-refractivity contribution in [2.24, 2.45) is 0 Å². The number of amides is 2. The van der Waals surface area contributed by atoms with E-state index in [1.165, 1.54) is 0 Å². The second kappa shape index (κ2) is 13.7. The van der Waals surface area contributed by atoms with Crippen molar-refractivity contribution in [2.45, 2.75) is 58.0 Å². The molecule has 3 aromatic rings. The van der Waals surface area contributed by atoms with Gasteiger partial charge in [-0.3, -0.25) is 9.59 Å². The van der Waals surface area contributed by atoms with Crippen LogP contribution in [-0.2, 0) is 16.1 Å². The van der Waals surface area contributed by atoms with E-state index >= 15 is 0 Å². The normalized spacial score (nSPS) is 11.8.